The summed E-state index contributed by atoms with van der Waals surface area (Å²) < 4.78 is 0. The third-order valence-electron chi connectivity index (χ3n) is 3.45. The van der Waals surface area contributed by atoms with Crippen molar-refractivity contribution in [2.75, 3.05) is 18.4 Å². The molecule has 1 aliphatic carbocycles. The fraction of sp³-hybridized carbons (Fsp3) is 0.625. The highest BCUT2D eigenvalue weighted by molar-refractivity contribution is 5.99. The molecule has 2 rings (SSSR count). The zero-order chi connectivity index (χ0) is 14.7. The Hall–Kier alpha value is -1.58. The Balaban J connectivity index is 2.26. The second-order valence-corrected chi connectivity index (χ2v) is 5.98. The van der Waals surface area contributed by atoms with Gasteiger partial charge >= 0.3 is 0 Å². The molecular formula is C16H25N3O. The van der Waals surface area contributed by atoms with E-state index in [-0.39, 0.29) is 5.91 Å². The van der Waals surface area contributed by atoms with Crippen LogP contribution in [-0.4, -0.2) is 34.9 Å². The minimum atomic E-state index is 0.115. The summed E-state index contributed by atoms with van der Waals surface area (Å²) in [5, 5.41) is 3.28. The molecule has 0 aromatic carbocycles. The number of hydrogen-bond acceptors (Lipinski definition) is 3. The zero-order valence-electron chi connectivity index (χ0n) is 12.9. The van der Waals surface area contributed by atoms with Gasteiger partial charge < -0.3 is 10.2 Å². The van der Waals surface area contributed by atoms with Gasteiger partial charge in [0.15, 0.2) is 0 Å². The molecule has 0 unspecified atom stereocenters. The third kappa shape index (κ3) is 3.50. The topological polar surface area (TPSA) is 45.2 Å². The molecule has 1 aliphatic rings. The summed E-state index contributed by atoms with van der Waals surface area (Å²) in [6.45, 7) is 9.92. The Morgan fingerprint density at radius 3 is 2.75 bits per heavy atom. The molecule has 1 aromatic rings. The first kappa shape index (κ1) is 14.8. The van der Waals surface area contributed by atoms with E-state index < -0.39 is 0 Å². The van der Waals surface area contributed by atoms with Crippen molar-refractivity contribution in [2.45, 2.75) is 46.6 Å². The smallest absolute Gasteiger partial charge is 0.257 e. The monoisotopic (exact) mass is 275 g/mol. The van der Waals surface area contributed by atoms with Gasteiger partial charge in [0, 0.05) is 31.0 Å². The number of nitrogens with one attached hydrogen (secondary N) is 1. The lowest BCUT2D eigenvalue weighted by atomic mass is 10.1. The van der Waals surface area contributed by atoms with E-state index in [4.69, 9.17) is 0 Å². The maximum absolute atomic E-state index is 12.8. The van der Waals surface area contributed by atoms with E-state index in [0.717, 1.165) is 37.3 Å². The number of carbonyl (C=O) groups is 1. The van der Waals surface area contributed by atoms with Crippen LogP contribution in [0.25, 0.3) is 0 Å². The van der Waals surface area contributed by atoms with Crippen LogP contribution in [-0.2, 0) is 0 Å². The Morgan fingerprint density at radius 2 is 2.20 bits per heavy atom. The van der Waals surface area contributed by atoms with E-state index in [9.17, 15) is 4.79 Å². The summed E-state index contributed by atoms with van der Waals surface area (Å²) in [6.07, 6.45) is 3.98. The molecule has 0 saturated heterocycles. The van der Waals surface area contributed by atoms with Crippen LogP contribution in [0.1, 0.15) is 49.7 Å². The largest absolute Gasteiger partial charge is 0.385 e. The molecule has 1 amide bonds. The first-order valence-electron chi connectivity index (χ1n) is 7.54. The van der Waals surface area contributed by atoms with Crippen LogP contribution in [0.5, 0.6) is 0 Å². The van der Waals surface area contributed by atoms with Crippen molar-refractivity contribution < 1.29 is 4.79 Å². The van der Waals surface area contributed by atoms with Gasteiger partial charge in [0.2, 0.25) is 0 Å². The highest BCUT2D eigenvalue weighted by Crippen LogP contribution is 2.30. The number of anilines is 1. The number of nitrogens with zero attached hydrogens (tertiary/aromatic N) is 2. The van der Waals surface area contributed by atoms with Crippen LogP contribution in [0.15, 0.2) is 12.3 Å². The van der Waals surface area contributed by atoms with Crippen LogP contribution < -0.4 is 5.32 Å². The molecule has 4 nitrogen and oxygen atoms in total. The van der Waals surface area contributed by atoms with E-state index >= 15 is 0 Å². The number of aryl methyl sites for hydroxylation is 1. The van der Waals surface area contributed by atoms with E-state index in [1.54, 1.807) is 6.20 Å². The number of pyridine rings is 1. The molecule has 0 bridgehead atoms. The van der Waals surface area contributed by atoms with Gasteiger partial charge in [-0.3, -0.25) is 9.78 Å². The molecule has 1 fully saturated rings. The Morgan fingerprint density at radius 1 is 1.50 bits per heavy atom. The standard InChI is InChI=1S/C16H25N3O/c1-5-17-15-8-12(4)18-9-14(15)16(20)19(10-11(2)3)13-6-7-13/h8-9,11,13H,5-7,10H2,1-4H3,(H,17,18). The van der Waals surface area contributed by atoms with Crippen molar-refractivity contribution in [3.8, 4) is 0 Å². The first-order chi connectivity index (χ1) is 9.52. The maximum Gasteiger partial charge on any atom is 0.257 e. The number of carbonyl (C=O) groups excluding carboxylic acids is 1. The van der Waals surface area contributed by atoms with E-state index in [2.05, 4.69) is 24.1 Å². The summed E-state index contributed by atoms with van der Waals surface area (Å²) >= 11 is 0. The normalized spacial score (nSPS) is 14.4. The van der Waals surface area contributed by atoms with Crippen molar-refractivity contribution in [1.82, 2.24) is 9.88 Å². The highest BCUT2D eigenvalue weighted by Gasteiger charge is 2.34. The molecule has 0 atom stereocenters. The summed E-state index contributed by atoms with van der Waals surface area (Å²) in [5.41, 5.74) is 2.53. The average molecular weight is 275 g/mol. The summed E-state index contributed by atoms with van der Waals surface area (Å²) in [5.74, 6) is 0.602. The molecule has 110 valence electrons. The SMILES string of the molecule is CCNc1cc(C)ncc1C(=O)N(CC(C)C)C1CC1. The van der Waals surface area contributed by atoms with Gasteiger partial charge in [-0.1, -0.05) is 13.8 Å². The van der Waals surface area contributed by atoms with Crippen LogP contribution in [0.3, 0.4) is 0 Å². The molecule has 0 spiro atoms. The molecule has 0 aliphatic heterocycles. The van der Waals surface area contributed by atoms with Gasteiger partial charge in [-0.15, -0.1) is 0 Å². The second kappa shape index (κ2) is 6.25. The fourth-order valence-corrected chi connectivity index (χ4v) is 2.40. The van der Waals surface area contributed by atoms with E-state index in [0.29, 0.717) is 17.5 Å². The van der Waals surface area contributed by atoms with Crippen LogP contribution >= 0.6 is 0 Å². The van der Waals surface area contributed by atoms with E-state index in [1.807, 2.05) is 24.8 Å². The lowest BCUT2D eigenvalue weighted by molar-refractivity contribution is 0.0723. The van der Waals surface area contributed by atoms with Crippen LogP contribution in [0.4, 0.5) is 5.69 Å². The summed E-state index contributed by atoms with van der Waals surface area (Å²) in [6, 6.07) is 2.39. The van der Waals surface area contributed by atoms with Gasteiger partial charge in [-0.25, -0.2) is 0 Å². The zero-order valence-corrected chi connectivity index (χ0v) is 12.9. The van der Waals surface area contributed by atoms with Crippen molar-refractivity contribution in [3.63, 3.8) is 0 Å². The fourth-order valence-electron chi connectivity index (χ4n) is 2.40. The molecule has 20 heavy (non-hydrogen) atoms. The molecular weight excluding hydrogens is 250 g/mol. The highest BCUT2D eigenvalue weighted by atomic mass is 16.2. The van der Waals surface area contributed by atoms with Crippen LogP contribution in [0.2, 0.25) is 0 Å². The van der Waals surface area contributed by atoms with Crippen molar-refractivity contribution in [3.05, 3.63) is 23.5 Å². The molecule has 0 radical (unpaired) electrons. The molecule has 1 heterocycles. The quantitative estimate of drug-likeness (QED) is 0.867. The maximum atomic E-state index is 12.8. The Bertz CT molecular complexity index is 481. The van der Waals surface area contributed by atoms with Gasteiger partial charge in [0.05, 0.1) is 11.3 Å². The van der Waals surface area contributed by atoms with Gasteiger partial charge in [-0.05, 0) is 38.7 Å². The number of amides is 1. The molecule has 1 N–H and O–H groups in total. The number of hydrogen-bond donors (Lipinski definition) is 1. The number of rotatable bonds is 6. The minimum absolute atomic E-state index is 0.115. The predicted octanol–water partition coefficient (Wildman–Crippen LogP) is 3.08. The van der Waals surface area contributed by atoms with Crippen LogP contribution in [0, 0.1) is 12.8 Å². The minimum Gasteiger partial charge on any atom is -0.385 e. The van der Waals surface area contributed by atoms with Crippen molar-refractivity contribution in [1.29, 1.82) is 0 Å². The lowest BCUT2D eigenvalue weighted by Crippen LogP contribution is -2.36. The molecule has 1 aromatic heterocycles. The predicted molar refractivity (Wildman–Crippen MR) is 82.0 cm³/mol. The Kier molecular flexibility index (Phi) is 4.63. The number of aromatic nitrogens is 1. The lowest BCUT2D eigenvalue weighted by Gasteiger charge is -2.25. The van der Waals surface area contributed by atoms with Gasteiger partial charge in [-0.2, -0.15) is 0 Å². The van der Waals surface area contributed by atoms with Gasteiger partial charge in [0.25, 0.3) is 5.91 Å². The third-order valence-corrected chi connectivity index (χ3v) is 3.45. The second-order valence-electron chi connectivity index (χ2n) is 5.98. The Labute approximate surface area is 121 Å². The van der Waals surface area contributed by atoms with E-state index in [1.165, 1.54) is 0 Å². The molecule has 4 heteroatoms. The molecule has 1 saturated carbocycles. The summed E-state index contributed by atoms with van der Waals surface area (Å²) in [7, 11) is 0. The average Bonchev–Trinajstić information content (AvgIpc) is 3.20. The van der Waals surface area contributed by atoms with Crippen molar-refractivity contribution >= 4 is 11.6 Å². The van der Waals surface area contributed by atoms with Crippen molar-refractivity contribution in [2.24, 2.45) is 5.92 Å². The summed E-state index contributed by atoms with van der Waals surface area (Å²) in [4.78, 5) is 19.1. The first-order valence-corrected chi connectivity index (χ1v) is 7.54. The van der Waals surface area contributed by atoms with Gasteiger partial charge in [0.1, 0.15) is 0 Å².